The lowest BCUT2D eigenvalue weighted by atomic mass is 10.2. The zero-order chi connectivity index (χ0) is 14.3. The number of halogens is 1. The number of aromatic nitrogens is 2. The van der Waals surface area contributed by atoms with Crippen LogP contribution in [0, 0.1) is 0 Å². The van der Waals surface area contributed by atoms with E-state index in [0.29, 0.717) is 13.2 Å². The molecule has 1 unspecified atom stereocenters. The third-order valence-electron chi connectivity index (χ3n) is 4.07. The molecule has 0 N–H and O–H groups in total. The van der Waals surface area contributed by atoms with Crippen LogP contribution >= 0.6 is 11.6 Å². The Balaban J connectivity index is 1.95. The van der Waals surface area contributed by atoms with Crippen LogP contribution in [0.1, 0.15) is 25.5 Å². The number of morpholine rings is 1. The van der Waals surface area contributed by atoms with Crippen molar-refractivity contribution in [2.24, 2.45) is 0 Å². The van der Waals surface area contributed by atoms with Gasteiger partial charge in [0.15, 0.2) is 4.75 Å². The molecule has 20 heavy (non-hydrogen) atoms. The van der Waals surface area contributed by atoms with Crippen molar-refractivity contribution in [2.45, 2.75) is 30.6 Å². The van der Waals surface area contributed by atoms with Crippen LogP contribution in [-0.4, -0.2) is 46.6 Å². The Bertz CT molecular complexity index is 510. The molecule has 1 aliphatic heterocycles. The van der Waals surface area contributed by atoms with E-state index in [1.807, 2.05) is 6.07 Å². The minimum Gasteiger partial charge on any atom is -0.616 e. The average Bonchev–Trinajstić information content (AvgIpc) is 3.20. The van der Waals surface area contributed by atoms with Gasteiger partial charge in [-0.1, -0.05) is 0 Å². The van der Waals surface area contributed by atoms with E-state index in [1.165, 1.54) is 0 Å². The quantitative estimate of drug-likeness (QED) is 0.628. The van der Waals surface area contributed by atoms with E-state index in [2.05, 4.69) is 21.8 Å². The van der Waals surface area contributed by atoms with Crippen molar-refractivity contribution in [3.8, 4) is 0 Å². The number of ether oxygens (including phenoxy) is 1. The second kappa shape index (κ2) is 5.33. The van der Waals surface area contributed by atoms with Gasteiger partial charge in [-0.25, -0.2) is 9.97 Å². The topological polar surface area (TPSA) is 61.3 Å². The Morgan fingerprint density at radius 1 is 1.50 bits per heavy atom. The summed E-state index contributed by atoms with van der Waals surface area (Å²) in [6, 6.07) is 2.20. The molecule has 1 saturated heterocycles. The van der Waals surface area contributed by atoms with Crippen LogP contribution < -0.4 is 4.90 Å². The van der Waals surface area contributed by atoms with Gasteiger partial charge in [-0.2, -0.15) is 0 Å². The molecule has 2 fully saturated rings. The van der Waals surface area contributed by atoms with Gasteiger partial charge in [0.2, 0.25) is 5.28 Å². The summed E-state index contributed by atoms with van der Waals surface area (Å²) < 4.78 is 17.1. The van der Waals surface area contributed by atoms with E-state index in [9.17, 15) is 4.55 Å². The Morgan fingerprint density at radius 2 is 2.25 bits per heavy atom. The summed E-state index contributed by atoms with van der Waals surface area (Å²) in [4.78, 5) is 10.8. The predicted molar refractivity (Wildman–Crippen MR) is 79.6 cm³/mol. The second-order valence-electron chi connectivity index (χ2n) is 5.45. The molecule has 2 atom stereocenters. The minimum absolute atomic E-state index is 0.230. The lowest BCUT2D eigenvalue weighted by Gasteiger charge is -2.34. The van der Waals surface area contributed by atoms with E-state index in [-0.39, 0.29) is 16.1 Å². The molecular formula is C13H18ClN3O2S. The summed E-state index contributed by atoms with van der Waals surface area (Å²) in [5.74, 6) is 0.813. The lowest BCUT2D eigenvalue weighted by molar-refractivity contribution is 0.0985. The first-order valence-electron chi connectivity index (χ1n) is 6.76. The molecule has 1 aromatic heterocycles. The summed E-state index contributed by atoms with van der Waals surface area (Å²) in [6.07, 6.45) is 3.54. The highest BCUT2D eigenvalue weighted by molar-refractivity contribution is 7.91. The average molecular weight is 316 g/mol. The fraction of sp³-hybridized carbons (Fsp3) is 0.692. The molecule has 0 radical (unpaired) electrons. The molecule has 2 aliphatic rings. The van der Waals surface area contributed by atoms with E-state index >= 15 is 0 Å². The summed E-state index contributed by atoms with van der Waals surface area (Å²) >= 11 is 5.14. The van der Waals surface area contributed by atoms with E-state index < -0.39 is 11.2 Å². The van der Waals surface area contributed by atoms with Crippen molar-refractivity contribution in [1.29, 1.82) is 0 Å². The van der Waals surface area contributed by atoms with E-state index in [0.717, 1.165) is 30.9 Å². The SMILES string of the molecule is C[C@@H]1COCCN1c1cc(C2([S+](C)[O-])CC2)nc(Cl)n1. The van der Waals surface area contributed by atoms with Crippen molar-refractivity contribution in [3.05, 3.63) is 17.0 Å². The molecule has 7 heteroatoms. The lowest BCUT2D eigenvalue weighted by Crippen LogP contribution is -2.44. The zero-order valence-electron chi connectivity index (χ0n) is 11.6. The van der Waals surface area contributed by atoms with Crippen molar-refractivity contribution in [1.82, 2.24) is 9.97 Å². The van der Waals surface area contributed by atoms with Crippen LogP contribution in [0.4, 0.5) is 5.82 Å². The van der Waals surface area contributed by atoms with Crippen molar-refractivity contribution < 1.29 is 9.29 Å². The first-order chi connectivity index (χ1) is 9.53. The van der Waals surface area contributed by atoms with Crippen LogP contribution in [0.3, 0.4) is 0 Å². The monoisotopic (exact) mass is 315 g/mol. The highest BCUT2D eigenvalue weighted by atomic mass is 35.5. The zero-order valence-corrected chi connectivity index (χ0v) is 13.2. The van der Waals surface area contributed by atoms with Gasteiger partial charge in [-0.15, -0.1) is 0 Å². The van der Waals surface area contributed by atoms with E-state index in [4.69, 9.17) is 16.3 Å². The summed E-state index contributed by atoms with van der Waals surface area (Å²) in [7, 11) is 0. The fourth-order valence-corrected chi connectivity index (χ4v) is 3.91. The first kappa shape index (κ1) is 14.4. The van der Waals surface area contributed by atoms with Crippen LogP contribution in [0.2, 0.25) is 5.28 Å². The summed E-state index contributed by atoms with van der Waals surface area (Å²) in [5, 5.41) is 0.230. The van der Waals surface area contributed by atoms with Gasteiger partial charge in [-0.05, 0) is 29.7 Å². The molecule has 0 aromatic carbocycles. The minimum atomic E-state index is -0.938. The Morgan fingerprint density at radius 3 is 2.85 bits per heavy atom. The molecule has 110 valence electrons. The number of hydrogen-bond donors (Lipinski definition) is 0. The third kappa shape index (κ3) is 2.50. The van der Waals surface area contributed by atoms with Gasteiger partial charge in [0.25, 0.3) is 0 Å². The van der Waals surface area contributed by atoms with Gasteiger partial charge < -0.3 is 14.2 Å². The molecular weight excluding hydrogens is 298 g/mol. The third-order valence-corrected chi connectivity index (χ3v) is 5.96. The number of anilines is 1. The Kier molecular flexibility index (Phi) is 3.83. The first-order valence-corrected chi connectivity index (χ1v) is 8.69. The van der Waals surface area contributed by atoms with Crippen molar-refractivity contribution in [3.63, 3.8) is 0 Å². The molecule has 0 bridgehead atoms. The molecule has 0 spiro atoms. The van der Waals surface area contributed by atoms with Crippen LogP contribution in [-0.2, 0) is 20.7 Å². The van der Waals surface area contributed by atoms with Gasteiger partial charge in [0.05, 0.1) is 25.5 Å². The van der Waals surface area contributed by atoms with Crippen LogP contribution in [0.25, 0.3) is 0 Å². The predicted octanol–water partition coefficient (Wildman–Crippen LogP) is 1.72. The fourth-order valence-electron chi connectivity index (χ4n) is 2.66. The molecule has 3 rings (SSSR count). The largest absolute Gasteiger partial charge is 0.616 e. The summed E-state index contributed by atoms with van der Waals surface area (Å²) in [5.41, 5.74) is 0.812. The molecule has 1 aliphatic carbocycles. The molecule has 1 saturated carbocycles. The molecule has 5 nitrogen and oxygen atoms in total. The maximum Gasteiger partial charge on any atom is 0.224 e. The molecule has 2 heterocycles. The van der Waals surface area contributed by atoms with Gasteiger partial charge >= 0.3 is 0 Å². The van der Waals surface area contributed by atoms with Crippen molar-refractivity contribution >= 4 is 28.6 Å². The Hall–Kier alpha value is -0.560. The number of hydrogen-bond acceptors (Lipinski definition) is 5. The summed E-state index contributed by atoms with van der Waals surface area (Å²) in [6.45, 7) is 4.25. The maximum absolute atomic E-state index is 12.0. The van der Waals surface area contributed by atoms with Crippen molar-refractivity contribution in [2.75, 3.05) is 30.9 Å². The normalized spacial score (nSPS) is 26.4. The van der Waals surface area contributed by atoms with Gasteiger partial charge in [-0.3, -0.25) is 0 Å². The highest BCUT2D eigenvalue weighted by Crippen LogP contribution is 2.52. The van der Waals surface area contributed by atoms with Crippen LogP contribution in [0.15, 0.2) is 6.07 Å². The van der Waals surface area contributed by atoms with Gasteiger partial charge in [0, 0.05) is 25.5 Å². The number of nitrogens with zero attached hydrogens (tertiary/aromatic N) is 3. The standard InChI is InChI=1S/C13H18ClN3O2S/c1-9-8-19-6-5-17(9)11-7-10(15-12(14)16-11)13(3-4-13)20(2)18/h7,9H,3-6,8H2,1-2H3/t9-,20?/m1/s1. The maximum atomic E-state index is 12.0. The van der Waals surface area contributed by atoms with Crippen LogP contribution in [0.5, 0.6) is 0 Å². The van der Waals surface area contributed by atoms with E-state index in [1.54, 1.807) is 6.26 Å². The smallest absolute Gasteiger partial charge is 0.224 e. The Labute approximate surface area is 126 Å². The van der Waals surface area contributed by atoms with Gasteiger partial charge in [0.1, 0.15) is 11.5 Å². The molecule has 1 aromatic rings. The molecule has 0 amide bonds. The number of rotatable bonds is 3. The highest BCUT2D eigenvalue weighted by Gasteiger charge is 2.55. The second-order valence-corrected chi connectivity index (χ2v) is 7.47.